The predicted molar refractivity (Wildman–Crippen MR) is 87.1 cm³/mol. The first-order valence-corrected chi connectivity index (χ1v) is 7.50. The predicted octanol–water partition coefficient (Wildman–Crippen LogP) is 2.90. The Morgan fingerprint density at radius 1 is 1.24 bits per heavy atom. The van der Waals surface area contributed by atoms with Crippen molar-refractivity contribution in [2.45, 2.75) is 39.4 Å². The Morgan fingerprint density at radius 2 is 1.90 bits per heavy atom. The number of benzene rings is 1. The van der Waals surface area contributed by atoms with E-state index in [2.05, 4.69) is 66.5 Å². The van der Waals surface area contributed by atoms with E-state index in [1.807, 2.05) is 12.5 Å². The second-order valence-electron chi connectivity index (χ2n) is 5.97. The molecule has 0 bridgehead atoms. The third kappa shape index (κ3) is 3.71. The van der Waals surface area contributed by atoms with Gasteiger partial charge in [0.1, 0.15) is 0 Å². The van der Waals surface area contributed by atoms with Crippen LogP contribution in [0.1, 0.15) is 42.8 Å². The lowest BCUT2D eigenvalue weighted by Gasteiger charge is -2.28. The van der Waals surface area contributed by atoms with Gasteiger partial charge in [-0.25, -0.2) is 4.98 Å². The van der Waals surface area contributed by atoms with Crippen LogP contribution in [0.15, 0.2) is 36.8 Å². The van der Waals surface area contributed by atoms with Crippen molar-refractivity contribution in [3.8, 4) is 0 Å². The maximum absolute atomic E-state index is 6.03. The van der Waals surface area contributed by atoms with Crippen LogP contribution >= 0.6 is 0 Å². The fraction of sp³-hybridized carbons (Fsp3) is 0.471. The molecule has 1 atom stereocenters. The maximum Gasteiger partial charge on any atom is 0.0951 e. The van der Waals surface area contributed by atoms with Gasteiger partial charge in [-0.1, -0.05) is 29.8 Å². The molecule has 4 nitrogen and oxygen atoms in total. The smallest absolute Gasteiger partial charge is 0.0951 e. The normalized spacial score (nSPS) is 13.1. The largest absolute Gasteiger partial charge is 0.331 e. The number of hydrogen-bond acceptors (Lipinski definition) is 3. The van der Waals surface area contributed by atoms with E-state index < -0.39 is 0 Å². The van der Waals surface area contributed by atoms with Crippen molar-refractivity contribution in [2.24, 2.45) is 5.73 Å². The van der Waals surface area contributed by atoms with E-state index in [0.717, 1.165) is 6.54 Å². The molecular weight excluding hydrogens is 260 g/mol. The topological polar surface area (TPSA) is 47.1 Å². The van der Waals surface area contributed by atoms with Crippen LogP contribution in [0.4, 0.5) is 0 Å². The molecule has 0 radical (unpaired) electrons. The average Bonchev–Trinajstić information content (AvgIpc) is 2.91. The van der Waals surface area contributed by atoms with Crippen LogP contribution in [0.2, 0.25) is 0 Å². The van der Waals surface area contributed by atoms with Gasteiger partial charge in [0.25, 0.3) is 0 Å². The third-order valence-corrected chi connectivity index (χ3v) is 3.90. The molecule has 1 unspecified atom stereocenters. The van der Waals surface area contributed by atoms with Gasteiger partial charge in [-0.2, -0.15) is 0 Å². The molecule has 2 rings (SSSR count). The molecule has 1 aromatic carbocycles. The van der Waals surface area contributed by atoms with Crippen molar-refractivity contribution < 1.29 is 0 Å². The van der Waals surface area contributed by atoms with Crippen molar-refractivity contribution in [3.63, 3.8) is 0 Å². The first kappa shape index (κ1) is 15.7. The summed E-state index contributed by atoms with van der Waals surface area (Å²) in [5.41, 5.74) is 9.80. The summed E-state index contributed by atoms with van der Waals surface area (Å²) in [4.78, 5) is 6.59. The quantitative estimate of drug-likeness (QED) is 0.888. The minimum Gasteiger partial charge on any atom is -0.331 e. The summed E-state index contributed by atoms with van der Waals surface area (Å²) in [5, 5.41) is 0. The summed E-state index contributed by atoms with van der Waals surface area (Å²) < 4.78 is 2.20. The lowest BCUT2D eigenvalue weighted by molar-refractivity contribution is 0.230. The van der Waals surface area contributed by atoms with Gasteiger partial charge in [-0.3, -0.25) is 4.90 Å². The van der Waals surface area contributed by atoms with E-state index in [-0.39, 0.29) is 6.04 Å². The van der Waals surface area contributed by atoms with Crippen LogP contribution < -0.4 is 5.73 Å². The molecule has 0 aliphatic rings. The van der Waals surface area contributed by atoms with Crippen molar-refractivity contribution in [1.29, 1.82) is 0 Å². The van der Waals surface area contributed by atoms with Crippen LogP contribution in [0.3, 0.4) is 0 Å². The zero-order valence-corrected chi connectivity index (χ0v) is 13.5. The number of rotatable bonds is 6. The third-order valence-electron chi connectivity index (χ3n) is 3.90. The van der Waals surface area contributed by atoms with Gasteiger partial charge >= 0.3 is 0 Å². The number of imidazole rings is 1. The van der Waals surface area contributed by atoms with Crippen LogP contribution in [-0.2, 0) is 6.54 Å². The number of nitrogens with two attached hydrogens (primary N) is 1. The fourth-order valence-electron chi connectivity index (χ4n) is 2.62. The SMILES string of the molecule is Cc1ccc(CN(C)C(CN)c2cncn2C(C)C)cc1. The van der Waals surface area contributed by atoms with Crippen molar-refractivity contribution >= 4 is 0 Å². The number of aromatic nitrogens is 2. The first-order chi connectivity index (χ1) is 10.0. The van der Waals surface area contributed by atoms with E-state index in [0.29, 0.717) is 12.6 Å². The molecule has 0 saturated carbocycles. The highest BCUT2D eigenvalue weighted by Gasteiger charge is 2.20. The molecule has 0 amide bonds. The van der Waals surface area contributed by atoms with Crippen molar-refractivity contribution in [1.82, 2.24) is 14.5 Å². The average molecular weight is 286 g/mol. The summed E-state index contributed by atoms with van der Waals surface area (Å²) >= 11 is 0. The van der Waals surface area contributed by atoms with Crippen LogP contribution in [0.5, 0.6) is 0 Å². The number of nitrogens with zero attached hydrogens (tertiary/aromatic N) is 3. The number of hydrogen-bond donors (Lipinski definition) is 1. The minimum absolute atomic E-state index is 0.177. The fourth-order valence-corrected chi connectivity index (χ4v) is 2.62. The molecular formula is C17H26N4. The van der Waals surface area contributed by atoms with Gasteiger partial charge in [0.15, 0.2) is 0 Å². The highest BCUT2D eigenvalue weighted by molar-refractivity contribution is 5.21. The molecule has 0 fully saturated rings. The summed E-state index contributed by atoms with van der Waals surface area (Å²) in [6, 6.07) is 9.23. The Bertz CT molecular complexity index is 556. The molecule has 1 heterocycles. The Balaban J connectivity index is 2.16. The Labute approximate surface area is 127 Å². The van der Waals surface area contributed by atoms with E-state index >= 15 is 0 Å². The van der Waals surface area contributed by atoms with E-state index in [1.54, 1.807) is 0 Å². The Morgan fingerprint density at radius 3 is 2.48 bits per heavy atom. The molecule has 21 heavy (non-hydrogen) atoms. The molecule has 114 valence electrons. The van der Waals surface area contributed by atoms with Gasteiger partial charge in [-0.05, 0) is 33.4 Å². The second kappa shape index (κ2) is 6.87. The van der Waals surface area contributed by atoms with E-state index in [4.69, 9.17) is 5.73 Å². The van der Waals surface area contributed by atoms with Crippen molar-refractivity contribution in [3.05, 3.63) is 53.6 Å². The summed E-state index contributed by atoms with van der Waals surface area (Å²) in [5.74, 6) is 0. The summed E-state index contributed by atoms with van der Waals surface area (Å²) in [6.45, 7) is 7.90. The van der Waals surface area contributed by atoms with E-state index in [9.17, 15) is 0 Å². The highest BCUT2D eigenvalue weighted by atomic mass is 15.2. The lowest BCUT2D eigenvalue weighted by atomic mass is 10.1. The van der Waals surface area contributed by atoms with Gasteiger partial charge in [0.05, 0.1) is 18.1 Å². The molecule has 0 spiro atoms. The van der Waals surface area contributed by atoms with E-state index in [1.165, 1.54) is 16.8 Å². The molecule has 0 aliphatic carbocycles. The van der Waals surface area contributed by atoms with Gasteiger partial charge in [0, 0.05) is 25.3 Å². The molecule has 2 N–H and O–H groups in total. The van der Waals surface area contributed by atoms with Crippen LogP contribution in [-0.4, -0.2) is 28.0 Å². The summed E-state index contributed by atoms with van der Waals surface area (Å²) in [6.07, 6.45) is 3.82. The van der Waals surface area contributed by atoms with Gasteiger partial charge < -0.3 is 10.3 Å². The van der Waals surface area contributed by atoms with Crippen LogP contribution in [0.25, 0.3) is 0 Å². The number of likely N-dealkylation sites (N-methyl/N-ethyl adjacent to an activating group) is 1. The van der Waals surface area contributed by atoms with Gasteiger partial charge in [0.2, 0.25) is 0 Å². The highest BCUT2D eigenvalue weighted by Crippen LogP contribution is 2.22. The molecule has 0 aliphatic heterocycles. The van der Waals surface area contributed by atoms with Crippen LogP contribution in [0, 0.1) is 6.92 Å². The lowest BCUT2D eigenvalue weighted by Crippen LogP contribution is -2.32. The zero-order valence-electron chi connectivity index (χ0n) is 13.5. The van der Waals surface area contributed by atoms with Crippen molar-refractivity contribution in [2.75, 3.05) is 13.6 Å². The second-order valence-corrected chi connectivity index (χ2v) is 5.97. The summed E-state index contributed by atoms with van der Waals surface area (Å²) in [7, 11) is 2.12. The zero-order chi connectivity index (χ0) is 15.4. The first-order valence-electron chi connectivity index (χ1n) is 7.50. The molecule has 4 heteroatoms. The number of aryl methyl sites for hydroxylation is 1. The van der Waals surface area contributed by atoms with Gasteiger partial charge in [-0.15, -0.1) is 0 Å². The molecule has 1 aromatic heterocycles. The molecule has 2 aromatic rings. The Kier molecular flexibility index (Phi) is 5.15. The Hall–Kier alpha value is -1.65. The maximum atomic E-state index is 6.03. The monoisotopic (exact) mass is 286 g/mol. The molecule has 0 saturated heterocycles. The standard InChI is InChI=1S/C17H26N4/c1-13(2)21-12-19-10-17(21)16(9-18)20(4)11-15-7-5-14(3)6-8-15/h5-8,10,12-13,16H,9,11,18H2,1-4H3. The minimum atomic E-state index is 0.177.